The highest BCUT2D eigenvalue weighted by Crippen LogP contribution is 2.07. The zero-order chi connectivity index (χ0) is 10.9. The first-order valence-corrected chi connectivity index (χ1v) is 5.60. The summed E-state index contributed by atoms with van der Waals surface area (Å²) in [5.41, 5.74) is 1.34. The standard InChI is InChI=1S/C12H18N2S/c1-2-13-9-10-14-8-7-11-3-5-12(15)6-4-11/h2-6,13-15H,1,7-10H2. The Hall–Kier alpha value is -0.930. The molecule has 0 atom stereocenters. The second kappa shape index (κ2) is 7.37. The Bertz CT molecular complexity index is 282. The van der Waals surface area contributed by atoms with Crippen LogP contribution in [0.15, 0.2) is 41.9 Å². The van der Waals surface area contributed by atoms with Gasteiger partial charge in [-0.1, -0.05) is 18.7 Å². The molecule has 0 fully saturated rings. The second-order valence-corrected chi connectivity index (χ2v) is 3.84. The molecule has 0 bridgehead atoms. The Balaban J connectivity index is 2.09. The van der Waals surface area contributed by atoms with Gasteiger partial charge in [-0.15, -0.1) is 12.6 Å². The van der Waals surface area contributed by atoms with E-state index in [2.05, 4.69) is 42.0 Å². The SMILES string of the molecule is C=CNCCNCCc1ccc(S)cc1. The molecule has 82 valence electrons. The first kappa shape index (κ1) is 12.1. The molecule has 0 radical (unpaired) electrons. The minimum atomic E-state index is 0.930. The van der Waals surface area contributed by atoms with Crippen LogP contribution in [0.25, 0.3) is 0 Å². The predicted octanol–water partition coefficient (Wildman–Crippen LogP) is 1.84. The van der Waals surface area contributed by atoms with E-state index in [0.717, 1.165) is 31.0 Å². The number of thiol groups is 1. The van der Waals surface area contributed by atoms with E-state index >= 15 is 0 Å². The monoisotopic (exact) mass is 222 g/mol. The molecule has 15 heavy (non-hydrogen) atoms. The van der Waals surface area contributed by atoms with Gasteiger partial charge < -0.3 is 10.6 Å². The van der Waals surface area contributed by atoms with Crippen molar-refractivity contribution in [3.05, 3.63) is 42.6 Å². The predicted molar refractivity (Wildman–Crippen MR) is 68.5 cm³/mol. The quantitative estimate of drug-likeness (QED) is 0.484. The number of hydrogen-bond acceptors (Lipinski definition) is 3. The highest BCUT2D eigenvalue weighted by atomic mass is 32.1. The van der Waals surface area contributed by atoms with Gasteiger partial charge in [-0.25, -0.2) is 0 Å². The van der Waals surface area contributed by atoms with Crippen LogP contribution in [0.4, 0.5) is 0 Å². The molecule has 0 spiro atoms. The Morgan fingerprint density at radius 1 is 1.13 bits per heavy atom. The number of benzene rings is 1. The molecule has 0 amide bonds. The lowest BCUT2D eigenvalue weighted by atomic mass is 10.1. The molecule has 0 aromatic heterocycles. The molecule has 0 unspecified atom stereocenters. The number of rotatable bonds is 7. The Labute approximate surface area is 97.2 Å². The first-order chi connectivity index (χ1) is 7.33. The van der Waals surface area contributed by atoms with Gasteiger partial charge in [0.1, 0.15) is 0 Å². The fourth-order valence-electron chi connectivity index (χ4n) is 1.28. The maximum absolute atomic E-state index is 4.25. The maximum atomic E-state index is 4.25. The normalized spacial score (nSPS) is 9.93. The van der Waals surface area contributed by atoms with E-state index in [1.807, 2.05) is 12.1 Å². The molecular weight excluding hydrogens is 204 g/mol. The minimum absolute atomic E-state index is 0.930. The van der Waals surface area contributed by atoms with Crippen LogP contribution < -0.4 is 10.6 Å². The van der Waals surface area contributed by atoms with Crippen molar-refractivity contribution in [1.82, 2.24) is 10.6 Å². The van der Waals surface area contributed by atoms with Gasteiger partial charge in [0.05, 0.1) is 0 Å². The van der Waals surface area contributed by atoms with E-state index < -0.39 is 0 Å². The van der Waals surface area contributed by atoms with Gasteiger partial charge in [-0.2, -0.15) is 0 Å². The maximum Gasteiger partial charge on any atom is 0.0266 e. The average molecular weight is 222 g/mol. The molecule has 0 saturated heterocycles. The van der Waals surface area contributed by atoms with Crippen molar-refractivity contribution in [2.24, 2.45) is 0 Å². The summed E-state index contributed by atoms with van der Waals surface area (Å²) in [4.78, 5) is 1.02. The van der Waals surface area contributed by atoms with Crippen LogP contribution in [-0.2, 0) is 6.42 Å². The molecule has 0 saturated carbocycles. The second-order valence-electron chi connectivity index (χ2n) is 3.32. The van der Waals surface area contributed by atoms with Crippen molar-refractivity contribution >= 4 is 12.6 Å². The van der Waals surface area contributed by atoms with Gasteiger partial charge >= 0.3 is 0 Å². The smallest absolute Gasteiger partial charge is 0.0266 e. The molecule has 0 heterocycles. The Kier molecular flexibility index (Phi) is 5.97. The molecule has 1 aromatic rings. The van der Waals surface area contributed by atoms with E-state index in [-0.39, 0.29) is 0 Å². The van der Waals surface area contributed by atoms with Crippen LogP contribution in [0.3, 0.4) is 0 Å². The van der Waals surface area contributed by atoms with Crippen molar-refractivity contribution in [1.29, 1.82) is 0 Å². The topological polar surface area (TPSA) is 24.1 Å². The molecule has 1 aromatic carbocycles. The third kappa shape index (κ3) is 5.50. The zero-order valence-corrected chi connectivity index (χ0v) is 9.76. The van der Waals surface area contributed by atoms with E-state index in [1.54, 1.807) is 6.20 Å². The summed E-state index contributed by atoms with van der Waals surface area (Å²) < 4.78 is 0. The van der Waals surface area contributed by atoms with E-state index in [1.165, 1.54) is 5.56 Å². The average Bonchev–Trinajstić information content (AvgIpc) is 2.26. The summed E-state index contributed by atoms with van der Waals surface area (Å²) in [6.45, 7) is 6.49. The molecule has 1 rings (SSSR count). The summed E-state index contributed by atoms with van der Waals surface area (Å²) in [6, 6.07) is 8.29. The van der Waals surface area contributed by atoms with Gasteiger partial charge in [-0.05, 0) is 36.9 Å². The van der Waals surface area contributed by atoms with Crippen molar-refractivity contribution in [3.8, 4) is 0 Å². The van der Waals surface area contributed by atoms with Gasteiger partial charge in [-0.3, -0.25) is 0 Å². The van der Waals surface area contributed by atoms with Gasteiger partial charge in [0.2, 0.25) is 0 Å². The van der Waals surface area contributed by atoms with Crippen LogP contribution in [0.5, 0.6) is 0 Å². The summed E-state index contributed by atoms with van der Waals surface area (Å²) in [7, 11) is 0. The largest absolute Gasteiger partial charge is 0.390 e. The lowest BCUT2D eigenvalue weighted by Gasteiger charge is -2.05. The summed E-state index contributed by atoms with van der Waals surface area (Å²) >= 11 is 4.25. The summed E-state index contributed by atoms with van der Waals surface area (Å²) in [6.07, 6.45) is 2.77. The van der Waals surface area contributed by atoms with Gasteiger partial charge in [0.15, 0.2) is 0 Å². The van der Waals surface area contributed by atoms with Crippen molar-refractivity contribution in [3.63, 3.8) is 0 Å². The summed E-state index contributed by atoms with van der Waals surface area (Å²) in [5.74, 6) is 0. The van der Waals surface area contributed by atoms with Gasteiger partial charge in [0.25, 0.3) is 0 Å². The number of hydrogen-bond donors (Lipinski definition) is 3. The fraction of sp³-hybridized carbons (Fsp3) is 0.333. The molecule has 0 aliphatic carbocycles. The van der Waals surface area contributed by atoms with E-state index in [4.69, 9.17) is 0 Å². The Morgan fingerprint density at radius 2 is 1.87 bits per heavy atom. The fourth-order valence-corrected chi connectivity index (χ4v) is 1.43. The molecule has 0 aliphatic rings. The molecule has 2 N–H and O–H groups in total. The highest BCUT2D eigenvalue weighted by Gasteiger charge is 1.92. The van der Waals surface area contributed by atoms with Crippen molar-refractivity contribution in [2.45, 2.75) is 11.3 Å². The lowest BCUT2D eigenvalue weighted by Crippen LogP contribution is -2.26. The third-order valence-electron chi connectivity index (χ3n) is 2.12. The van der Waals surface area contributed by atoms with Gasteiger partial charge in [0, 0.05) is 18.0 Å². The molecular formula is C12H18N2S. The van der Waals surface area contributed by atoms with E-state index in [0.29, 0.717) is 0 Å². The zero-order valence-electron chi connectivity index (χ0n) is 8.87. The lowest BCUT2D eigenvalue weighted by molar-refractivity contribution is 0.660. The molecule has 2 nitrogen and oxygen atoms in total. The van der Waals surface area contributed by atoms with Crippen molar-refractivity contribution in [2.75, 3.05) is 19.6 Å². The summed E-state index contributed by atoms with van der Waals surface area (Å²) in [5, 5.41) is 6.40. The molecule has 3 heteroatoms. The molecule has 0 aliphatic heterocycles. The Morgan fingerprint density at radius 3 is 2.53 bits per heavy atom. The van der Waals surface area contributed by atoms with Crippen LogP contribution >= 0.6 is 12.6 Å². The van der Waals surface area contributed by atoms with Crippen molar-refractivity contribution < 1.29 is 0 Å². The minimum Gasteiger partial charge on any atom is -0.390 e. The van der Waals surface area contributed by atoms with Crippen LogP contribution in [-0.4, -0.2) is 19.6 Å². The first-order valence-electron chi connectivity index (χ1n) is 5.16. The van der Waals surface area contributed by atoms with Crippen LogP contribution in [0.2, 0.25) is 0 Å². The number of nitrogens with one attached hydrogen (secondary N) is 2. The van der Waals surface area contributed by atoms with E-state index in [9.17, 15) is 0 Å². The highest BCUT2D eigenvalue weighted by molar-refractivity contribution is 7.80. The van der Waals surface area contributed by atoms with Crippen LogP contribution in [0.1, 0.15) is 5.56 Å². The van der Waals surface area contributed by atoms with Crippen LogP contribution in [0, 0.1) is 0 Å². The third-order valence-corrected chi connectivity index (χ3v) is 2.42.